The molecule has 1 aliphatic rings. The van der Waals surface area contributed by atoms with Gasteiger partial charge >= 0.3 is 0 Å². The largest absolute Gasteiger partial charge is 0.490 e. The lowest BCUT2D eigenvalue weighted by molar-refractivity contribution is 0.289. The number of benzene rings is 3. The second kappa shape index (κ2) is 12.1. The highest BCUT2D eigenvalue weighted by atomic mass is 19.2. The lowest BCUT2D eigenvalue weighted by Crippen LogP contribution is -2.05. The van der Waals surface area contributed by atoms with E-state index in [1.54, 1.807) is 36.4 Å². The monoisotopic (exact) mass is 490 g/mol. The first-order valence-corrected chi connectivity index (χ1v) is 12.8. The normalized spacial score (nSPS) is 15.4. The highest BCUT2D eigenvalue weighted by Crippen LogP contribution is 2.35. The lowest BCUT2D eigenvalue weighted by Gasteiger charge is -2.22. The molecule has 1 aliphatic carbocycles. The Morgan fingerprint density at radius 2 is 1.61 bits per heavy atom. The molecule has 0 bridgehead atoms. The quantitative estimate of drug-likeness (QED) is 0.203. The van der Waals surface area contributed by atoms with Crippen LogP contribution in [0.5, 0.6) is 5.75 Å². The highest BCUT2D eigenvalue weighted by molar-refractivity contribution is 5.74. The van der Waals surface area contributed by atoms with Gasteiger partial charge in [-0.2, -0.15) is 4.39 Å². The van der Waals surface area contributed by atoms with Crippen LogP contribution < -0.4 is 4.74 Å². The molecule has 0 saturated carbocycles. The second-order valence-corrected chi connectivity index (χ2v) is 9.45. The number of hydrogen-bond acceptors (Lipinski definition) is 1. The number of hydrogen-bond donors (Lipinski definition) is 0. The number of allylic oxidation sites excluding steroid dienone is 3. The molecule has 0 fully saturated rings. The maximum atomic E-state index is 15.1. The fraction of sp³-hybridized carbons (Fsp3) is 0.312. The van der Waals surface area contributed by atoms with Crippen molar-refractivity contribution in [2.75, 3.05) is 6.61 Å². The third kappa shape index (κ3) is 5.92. The van der Waals surface area contributed by atoms with E-state index in [1.165, 1.54) is 17.7 Å². The molecule has 1 nitrogen and oxygen atoms in total. The molecule has 4 heteroatoms. The van der Waals surface area contributed by atoms with Crippen LogP contribution in [0, 0.1) is 23.4 Å². The van der Waals surface area contributed by atoms with Gasteiger partial charge in [-0.3, -0.25) is 0 Å². The van der Waals surface area contributed by atoms with Gasteiger partial charge in [0.25, 0.3) is 0 Å². The summed E-state index contributed by atoms with van der Waals surface area (Å²) >= 11 is 0. The fourth-order valence-electron chi connectivity index (χ4n) is 4.74. The summed E-state index contributed by atoms with van der Waals surface area (Å²) in [7, 11) is 0. The van der Waals surface area contributed by atoms with E-state index in [4.69, 9.17) is 4.74 Å². The molecule has 3 aromatic carbocycles. The zero-order valence-electron chi connectivity index (χ0n) is 20.8. The maximum absolute atomic E-state index is 15.1. The van der Waals surface area contributed by atoms with Crippen molar-refractivity contribution in [1.82, 2.24) is 0 Å². The van der Waals surface area contributed by atoms with Crippen LogP contribution in [0.2, 0.25) is 0 Å². The standard InChI is InChI=1S/C32H33F3O/c1-3-5-7-22-8-10-23(11-9-22)26-16-17-27(29(33)21-26)24-12-14-25(15-13-24)28-18-19-30(32(35)31(28)34)36-20-6-4-2/h3,10,12-19,21-22H,1,4-9,11,20H2,2H3. The first kappa shape index (κ1) is 25.8. The minimum Gasteiger partial charge on any atom is -0.490 e. The fourth-order valence-corrected chi connectivity index (χ4v) is 4.74. The molecule has 0 saturated heterocycles. The SMILES string of the molecule is C=CCCC1CC=C(c2ccc(-c3ccc(-c4ccc(OCCCC)c(F)c4F)cc3)c(F)c2)CC1. The van der Waals surface area contributed by atoms with Gasteiger partial charge in [-0.15, -0.1) is 6.58 Å². The summed E-state index contributed by atoms with van der Waals surface area (Å²) < 4.78 is 49.6. The van der Waals surface area contributed by atoms with E-state index in [2.05, 4.69) is 12.7 Å². The molecule has 0 amide bonds. The van der Waals surface area contributed by atoms with Crippen LogP contribution in [0.4, 0.5) is 13.2 Å². The molecular weight excluding hydrogens is 457 g/mol. The Hall–Kier alpha value is -3.27. The molecule has 188 valence electrons. The van der Waals surface area contributed by atoms with E-state index in [1.807, 2.05) is 19.1 Å². The highest BCUT2D eigenvalue weighted by Gasteiger charge is 2.18. The third-order valence-corrected chi connectivity index (χ3v) is 6.95. The van der Waals surface area contributed by atoms with Crippen molar-refractivity contribution in [3.05, 3.63) is 96.3 Å². The Bertz CT molecular complexity index is 1230. The van der Waals surface area contributed by atoms with Crippen LogP contribution in [0.3, 0.4) is 0 Å². The van der Waals surface area contributed by atoms with E-state index in [9.17, 15) is 8.78 Å². The van der Waals surface area contributed by atoms with Crippen molar-refractivity contribution < 1.29 is 17.9 Å². The van der Waals surface area contributed by atoms with Crippen molar-refractivity contribution in [1.29, 1.82) is 0 Å². The summed E-state index contributed by atoms with van der Waals surface area (Å²) in [6.45, 7) is 6.15. The molecule has 3 aromatic rings. The van der Waals surface area contributed by atoms with Crippen molar-refractivity contribution in [2.24, 2.45) is 5.92 Å². The number of rotatable bonds is 10. The van der Waals surface area contributed by atoms with Crippen LogP contribution >= 0.6 is 0 Å². The second-order valence-electron chi connectivity index (χ2n) is 9.45. The van der Waals surface area contributed by atoms with Crippen molar-refractivity contribution in [2.45, 2.75) is 51.9 Å². The molecule has 0 aliphatic heterocycles. The molecule has 1 unspecified atom stereocenters. The van der Waals surface area contributed by atoms with E-state index in [0.29, 0.717) is 29.2 Å². The topological polar surface area (TPSA) is 9.23 Å². The molecular formula is C32H33F3O. The van der Waals surface area contributed by atoms with Gasteiger partial charge in [-0.25, -0.2) is 8.78 Å². The van der Waals surface area contributed by atoms with Gasteiger partial charge in [-0.1, -0.05) is 61.9 Å². The molecule has 0 N–H and O–H groups in total. The number of unbranched alkanes of at least 4 members (excludes halogenated alkanes) is 1. The van der Waals surface area contributed by atoms with E-state index >= 15 is 4.39 Å². The lowest BCUT2D eigenvalue weighted by atomic mass is 9.84. The van der Waals surface area contributed by atoms with Crippen LogP contribution in [0.15, 0.2) is 73.3 Å². The first-order chi connectivity index (χ1) is 17.5. The van der Waals surface area contributed by atoms with Crippen LogP contribution in [-0.2, 0) is 0 Å². The van der Waals surface area contributed by atoms with Gasteiger partial charge in [0, 0.05) is 11.1 Å². The first-order valence-electron chi connectivity index (χ1n) is 12.8. The zero-order valence-corrected chi connectivity index (χ0v) is 20.8. The molecule has 0 aromatic heterocycles. The predicted octanol–water partition coefficient (Wildman–Crippen LogP) is 9.77. The van der Waals surface area contributed by atoms with Crippen molar-refractivity contribution in [3.63, 3.8) is 0 Å². The Labute approximate surface area is 212 Å². The molecule has 1 atom stereocenters. The minimum absolute atomic E-state index is 0.0798. The summed E-state index contributed by atoms with van der Waals surface area (Å²) in [5.41, 5.74) is 3.96. The average Bonchev–Trinajstić information content (AvgIpc) is 2.90. The molecule has 0 heterocycles. The third-order valence-electron chi connectivity index (χ3n) is 6.95. The van der Waals surface area contributed by atoms with Gasteiger partial charge in [0.1, 0.15) is 5.82 Å². The van der Waals surface area contributed by atoms with Crippen LogP contribution in [0.25, 0.3) is 27.8 Å². The summed E-state index contributed by atoms with van der Waals surface area (Å²) in [5.74, 6) is -1.62. The summed E-state index contributed by atoms with van der Waals surface area (Å²) in [6, 6.07) is 15.2. The summed E-state index contributed by atoms with van der Waals surface area (Å²) in [6.07, 6.45) is 11.2. The van der Waals surface area contributed by atoms with Gasteiger partial charge in [0.2, 0.25) is 5.82 Å². The number of halogens is 3. The zero-order chi connectivity index (χ0) is 25.5. The Morgan fingerprint density at radius 3 is 2.25 bits per heavy atom. The Kier molecular flexibility index (Phi) is 8.69. The smallest absolute Gasteiger partial charge is 0.201 e. The molecule has 4 rings (SSSR count). The van der Waals surface area contributed by atoms with Gasteiger partial charge in [0.15, 0.2) is 11.6 Å². The van der Waals surface area contributed by atoms with Gasteiger partial charge in [0.05, 0.1) is 6.61 Å². The van der Waals surface area contributed by atoms with Crippen LogP contribution in [0.1, 0.15) is 57.4 Å². The van der Waals surface area contributed by atoms with Gasteiger partial charge < -0.3 is 4.74 Å². The van der Waals surface area contributed by atoms with Crippen molar-refractivity contribution >= 4 is 5.57 Å². The summed E-state index contributed by atoms with van der Waals surface area (Å²) in [5, 5.41) is 0. The molecule has 0 spiro atoms. The minimum atomic E-state index is -0.988. The van der Waals surface area contributed by atoms with Gasteiger partial charge in [-0.05, 0) is 84.9 Å². The Balaban J connectivity index is 1.49. The maximum Gasteiger partial charge on any atom is 0.201 e. The average molecular weight is 491 g/mol. The molecule has 0 radical (unpaired) electrons. The number of ether oxygens (including phenoxy) is 1. The van der Waals surface area contributed by atoms with Crippen molar-refractivity contribution in [3.8, 4) is 28.0 Å². The molecule has 36 heavy (non-hydrogen) atoms. The van der Waals surface area contributed by atoms with E-state index in [-0.39, 0.29) is 17.1 Å². The summed E-state index contributed by atoms with van der Waals surface area (Å²) in [4.78, 5) is 0. The predicted molar refractivity (Wildman–Crippen MR) is 142 cm³/mol. The van der Waals surface area contributed by atoms with E-state index < -0.39 is 11.6 Å². The van der Waals surface area contributed by atoms with E-state index in [0.717, 1.165) is 50.5 Å². The Morgan fingerprint density at radius 1 is 0.917 bits per heavy atom. The van der Waals surface area contributed by atoms with Crippen LogP contribution in [-0.4, -0.2) is 6.61 Å².